The smallest absolute Gasteiger partial charge is 0.249 e. The van der Waals surface area contributed by atoms with E-state index in [-0.39, 0.29) is 12.3 Å². The van der Waals surface area contributed by atoms with Gasteiger partial charge in [-0.25, -0.2) is 0 Å². The summed E-state index contributed by atoms with van der Waals surface area (Å²) < 4.78 is 12.1. The van der Waals surface area contributed by atoms with E-state index in [1.54, 1.807) is 12.1 Å². The zero-order valence-electron chi connectivity index (χ0n) is 20.7. The van der Waals surface area contributed by atoms with Gasteiger partial charge in [0.1, 0.15) is 25.4 Å². The van der Waals surface area contributed by atoms with Crippen molar-refractivity contribution in [2.24, 2.45) is 11.7 Å². The molecule has 0 bridgehead atoms. The fraction of sp³-hybridized carbons (Fsp3) is 0.310. The van der Waals surface area contributed by atoms with Crippen molar-refractivity contribution in [2.45, 2.75) is 52.0 Å². The molecule has 0 saturated carbocycles. The summed E-state index contributed by atoms with van der Waals surface area (Å²) in [5.74, 6) is -0.0927. The topological polar surface area (TPSA) is 111 Å². The van der Waals surface area contributed by atoms with Crippen LogP contribution in [0.5, 0.6) is 11.5 Å². The van der Waals surface area contributed by atoms with Gasteiger partial charge in [0.2, 0.25) is 11.8 Å². The molecule has 7 heteroatoms. The molecule has 4 N–H and O–H groups in total. The first-order valence-corrected chi connectivity index (χ1v) is 12.1. The summed E-state index contributed by atoms with van der Waals surface area (Å²) in [7, 11) is 0. The van der Waals surface area contributed by atoms with Crippen molar-refractivity contribution in [3.05, 3.63) is 95.6 Å². The highest BCUT2D eigenvalue weighted by atomic mass is 16.5. The zero-order valence-corrected chi connectivity index (χ0v) is 20.7. The number of carbonyl (C=O) groups excluding carboxylic acids is 2. The molecule has 0 radical (unpaired) electrons. The average Bonchev–Trinajstić information content (AvgIpc) is 2.87. The zero-order chi connectivity index (χ0) is 25.9. The Kier molecular flexibility index (Phi) is 9.89. The molecule has 0 aliphatic heterocycles. The van der Waals surface area contributed by atoms with Gasteiger partial charge in [-0.3, -0.25) is 9.59 Å². The van der Waals surface area contributed by atoms with Crippen molar-refractivity contribution in [3.8, 4) is 11.5 Å². The minimum atomic E-state index is -1.20. The number of aliphatic hydroxyl groups excluding tert-OH is 1. The van der Waals surface area contributed by atoms with E-state index < -0.39 is 24.0 Å². The first-order chi connectivity index (χ1) is 17.3. The van der Waals surface area contributed by atoms with Gasteiger partial charge in [-0.15, -0.1) is 0 Å². The number of primary amides is 1. The molecule has 0 spiro atoms. The fourth-order valence-corrected chi connectivity index (χ4v) is 3.66. The summed E-state index contributed by atoms with van der Waals surface area (Å²) >= 11 is 0. The molecule has 0 fully saturated rings. The third kappa shape index (κ3) is 8.43. The molecule has 0 aliphatic rings. The van der Waals surface area contributed by atoms with Crippen LogP contribution in [0.3, 0.4) is 0 Å². The number of hydrogen-bond acceptors (Lipinski definition) is 5. The summed E-state index contributed by atoms with van der Waals surface area (Å²) in [4.78, 5) is 24.4. The third-order valence-electron chi connectivity index (χ3n) is 5.58. The maximum Gasteiger partial charge on any atom is 0.249 e. The minimum absolute atomic E-state index is 0.130. The van der Waals surface area contributed by atoms with Gasteiger partial charge >= 0.3 is 0 Å². The fourth-order valence-electron chi connectivity index (χ4n) is 3.66. The Morgan fingerprint density at radius 2 is 1.39 bits per heavy atom. The van der Waals surface area contributed by atoms with Crippen molar-refractivity contribution < 1.29 is 24.2 Å². The highest BCUT2D eigenvalue weighted by molar-refractivity contribution is 5.88. The van der Waals surface area contributed by atoms with Crippen molar-refractivity contribution >= 4 is 11.8 Å². The Balaban J connectivity index is 1.76. The van der Waals surface area contributed by atoms with Gasteiger partial charge in [0.05, 0.1) is 0 Å². The molecule has 36 heavy (non-hydrogen) atoms. The molecule has 0 unspecified atom stereocenters. The first-order valence-electron chi connectivity index (χ1n) is 12.1. The lowest BCUT2D eigenvalue weighted by molar-refractivity contribution is -0.133. The van der Waals surface area contributed by atoms with Gasteiger partial charge in [0.15, 0.2) is 11.5 Å². The highest BCUT2D eigenvalue weighted by Crippen LogP contribution is 2.30. The van der Waals surface area contributed by atoms with E-state index in [0.717, 1.165) is 16.7 Å². The number of ether oxygens (including phenoxy) is 2. The number of nitrogens with two attached hydrogens (primary N) is 1. The first kappa shape index (κ1) is 26.8. The molecule has 7 nitrogen and oxygen atoms in total. The van der Waals surface area contributed by atoms with Crippen LogP contribution in [0.2, 0.25) is 0 Å². The molecule has 3 aromatic rings. The second-order valence-electron chi connectivity index (χ2n) is 9.14. The number of amides is 2. The summed E-state index contributed by atoms with van der Waals surface area (Å²) in [5, 5.41) is 12.7. The van der Waals surface area contributed by atoms with Gasteiger partial charge < -0.3 is 25.6 Å². The number of rotatable bonds is 13. The van der Waals surface area contributed by atoms with Gasteiger partial charge in [-0.05, 0) is 41.2 Å². The quantitative estimate of drug-likeness (QED) is 0.338. The Hall–Kier alpha value is -3.84. The van der Waals surface area contributed by atoms with Crippen LogP contribution in [-0.2, 0) is 29.2 Å². The SMILES string of the molecule is CC(C)C[C@@H](O)C(=O)N[C@H](Cc1ccc(OCc2ccccc2)c(OCc2ccccc2)c1)C(N)=O. The lowest BCUT2D eigenvalue weighted by atomic mass is 10.0. The Labute approximate surface area is 212 Å². The minimum Gasteiger partial charge on any atom is -0.485 e. The van der Waals surface area contributed by atoms with Crippen LogP contribution < -0.4 is 20.5 Å². The third-order valence-corrected chi connectivity index (χ3v) is 5.58. The van der Waals surface area contributed by atoms with E-state index >= 15 is 0 Å². The second-order valence-corrected chi connectivity index (χ2v) is 9.14. The van der Waals surface area contributed by atoms with Crippen LogP contribution in [0.1, 0.15) is 37.0 Å². The van der Waals surface area contributed by atoms with Crippen LogP contribution >= 0.6 is 0 Å². The Morgan fingerprint density at radius 3 is 1.92 bits per heavy atom. The molecule has 0 heterocycles. The molecule has 0 aliphatic carbocycles. The maximum atomic E-state index is 12.4. The summed E-state index contributed by atoms with van der Waals surface area (Å²) in [6.07, 6.45) is -0.761. The predicted molar refractivity (Wildman–Crippen MR) is 138 cm³/mol. The van der Waals surface area contributed by atoms with Crippen LogP contribution in [0.4, 0.5) is 0 Å². The Bertz CT molecular complexity index is 1120. The number of hydrogen-bond donors (Lipinski definition) is 3. The number of carbonyl (C=O) groups is 2. The van der Waals surface area contributed by atoms with Gasteiger partial charge in [-0.2, -0.15) is 0 Å². The van der Waals surface area contributed by atoms with Crippen LogP contribution in [0, 0.1) is 5.92 Å². The van der Waals surface area contributed by atoms with Crippen molar-refractivity contribution in [1.29, 1.82) is 0 Å². The van der Waals surface area contributed by atoms with Crippen molar-refractivity contribution in [2.75, 3.05) is 0 Å². The van der Waals surface area contributed by atoms with Crippen LogP contribution in [0.25, 0.3) is 0 Å². The monoisotopic (exact) mass is 490 g/mol. The van der Waals surface area contributed by atoms with E-state index in [1.165, 1.54) is 0 Å². The van der Waals surface area contributed by atoms with E-state index in [9.17, 15) is 14.7 Å². The molecule has 2 atom stereocenters. The van der Waals surface area contributed by atoms with E-state index in [1.807, 2.05) is 80.6 Å². The summed E-state index contributed by atoms with van der Waals surface area (Å²) in [6, 6.07) is 24.0. The molecular weight excluding hydrogens is 456 g/mol. The van der Waals surface area contributed by atoms with Crippen molar-refractivity contribution in [1.82, 2.24) is 5.32 Å². The lowest BCUT2D eigenvalue weighted by Crippen LogP contribution is -2.49. The molecule has 0 aromatic heterocycles. The molecule has 190 valence electrons. The maximum absolute atomic E-state index is 12.4. The second kappa shape index (κ2) is 13.3. The van der Waals surface area contributed by atoms with Gasteiger partial charge in [0.25, 0.3) is 0 Å². The van der Waals surface area contributed by atoms with Gasteiger partial charge in [-0.1, -0.05) is 80.6 Å². The van der Waals surface area contributed by atoms with E-state index in [0.29, 0.717) is 31.1 Å². The summed E-state index contributed by atoms with van der Waals surface area (Å²) in [6.45, 7) is 4.51. The normalized spacial score (nSPS) is 12.6. The predicted octanol–water partition coefficient (Wildman–Crippen LogP) is 3.76. The van der Waals surface area contributed by atoms with E-state index in [2.05, 4.69) is 5.32 Å². The average molecular weight is 491 g/mol. The number of aliphatic hydroxyl groups is 1. The highest BCUT2D eigenvalue weighted by Gasteiger charge is 2.24. The van der Waals surface area contributed by atoms with Crippen LogP contribution in [-0.4, -0.2) is 29.1 Å². The van der Waals surface area contributed by atoms with Gasteiger partial charge in [0, 0.05) is 6.42 Å². The standard InChI is InChI=1S/C29H34N2O5/c1-20(2)15-25(32)29(34)31-24(28(30)33)16-23-13-14-26(35-18-21-9-5-3-6-10-21)27(17-23)36-19-22-11-7-4-8-12-22/h3-14,17,20,24-25,32H,15-16,18-19H2,1-2H3,(H2,30,33)(H,31,34)/t24-,25-/m1/s1. The number of benzene rings is 3. The molecule has 0 saturated heterocycles. The molecule has 3 aromatic carbocycles. The number of nitrogens with one attached hydrogen (secondary N) is 1. The largest absolute Gasteiger partial charge is 0.485 e. The van der Waals surface area contributed by atoms with Crippen LogP contribution in [0.15, 0.2) is 78.9 Å². The molecule has 2 amide bonds. The van der Waals surface area contributed by atoms with Crippen molar-refractivity contribution in [3.63, 3.8) is 0 Å². The molecular formula is C29H34N2O5. The van der Waals surface area contributed by atoms with E-state index in [4.69, 9.17) is 15.2 Å². The lowest BCUT2D eigenvalue weighted by Gasteiger charge is -2.20. The summed E-state index contributed by atoms with van der Waals surface area (Å²) in [5.41, 5.74) is 8.31. The Morgan fingerprint density at radius 1 is 0.833 bits per heavy atom. The molecule has 3 rings (SSSR count).